The number of aromatic nitrogens is 2. The van der Waals surface area contributed by atoms with Crippen LogP contribution in [0.4, 0.5) is 13.2 Å². The average Bonchev–Trinajstić information content (AvgIpc) is 3.06. The number of likely N-dealkylation sites (N-methyl/N-ethyl adjacent to an activating group) is 1. The van der Waals surface area contributed by atoms with Crippen LogP contribution in [0, 0.1) is 0 Å². The van der Waals surface area contributed by atoms with E-state index in [2.05, 4.69) is 5.10 Å². The second kappa shape index (κ2) is 8.64. The first-order valence-corrected chi connectivity index (χ1v) is 8.84. The van der Waals surface area contributed by atoms with Crippen LogP contribution < -0.4 is 0 Å². The van der Waals surface area contributed by atoms with Gasteiger partial charge in [0.15, 0.2) is 5.69 Å². The van der Waals surface area contributed by atoms with Gasteiger partial charge in [0.1, 0.15) is 6.54 Å². The van der Waals surface area contributed by atoms with Crippen molar-refractivity contribution in [2.75, 3.05) is 27.2 Å². The lowest BCUT2D eigenvalue weighted by Gasteiger charge is -2.23. The van der Waals surface area contributed by atoms with Crippen LogP contribution in [0.5, 0.6) is 0 Å². The molecule has 0 aliphatic rings. The lowest BCUT2D eigenvalue weighted by molar-refractivity contribution is -0.143. The van der Waals surface area contributed by atoms with Gasteiger partial charge in [0, 0.05) is 25.7 Å². The third-order valence-corrected chi connectivity index (χ3v) is 4.20. The van der Waals surface area contributed by atoms with Gasteiger partial charge >= 0.3 is 6.18 Å². The van der Waals surface area contributed by atoms with Crippen LogP contribution in [0.1, 0.15) is 29.4 Å². The standard InChI is InChI=1S/C18H20ClF3N4O2/c1-4-9-25(11-15(27)24(2)3)17(28)14-10-23-26(16(14)18(20,21)22)13-7-5-12(19)6-8-13/h5-8,10H,4,9,11H2,1-3H3. The zero-order valence-electron chi connectivity index (χ0n) is 15.6. The van der Waals surface area contributed by atoms with E-state index in [-0.39, 0.29) is 24.7 Å². The molecule has 0 aliphatic heterocycles. The first-order valence-electron chi connectivity index (χ1n) is 8.46. The molecule has 2 aromatic rings. The van der Waals surface area contributed by atoms with Gasteiger partial charge in [-0.15, -0.1) is 0 Å². The Balaban J connectivity index is 2.50. The fourth-order valence-electron chi connectivity index (χ4n) is 2.55. The number of hydrogen-bond donors (Lipinski definition) is 0. The number of alkyl halides is 3. The van der Waals surface area contributed by atoms with E-state index < -0.39 is 23.3 Å². The molecule has 0 saturated heterocycles. The molecule has 1 aromatic carbocycles. The summed E-state index contributed by atoms with van der Waals surface area (Å²) in [4.78, 5) is 27.2. The van der Waals surface area contributed by atoms with Gasteiger partial charge in [0.05, 0.1) is 17.4 Å². The highest BCUT2D eigenvalue weighted by Gasteiger charge is 2.41. The van der Waals surface area contributed by atoms with Crippen LogP contribution in [-0.4, -0.2) is 58.6 Å². The van der Waals surface area contributed by atoms with Gasteiger partial charge in [-0.25, -0.2) is 4.68 Å². The highest BCUT2D eigenvalue weighted by atomic mass is 35.5. The molecule has 0 aliphatic carbocycles. The van der Waals surface area contributed by atoms with Crippen molar-refractivity contribution >= 4 is 23.4 Å². The molecule has 0 radical (unpaired) electrons. The molecule has 152 valence electrons. The minimum Gasteiger partial charge on any atom is -0.347 e. The first-order chi connectivity index (χ1) is 13.1. The molecule has 0 bridgehead atoms. The fourth-order valence-corrected chi connectivity index (χ4v) is 2.68. The number of rotatable bonds is 6. The summed E-state index contributed by atoms with van der Waals surface area (Å²) >= 11 is 5.79. The summed E-state index contributed by atoms with van der Waals surface area (Å²) < 4.78 is 42.0. The van der Waals surface area contributed by atoms with Gasteiger partial charge in [-0.3, -0.25) is 9.59 Å². The van der Waals surface area contributed by atoms with Crippen molar-refractivity contribution in [1.82, 2.24) is 19.6 Å². The molecular formula is C18H20ClF3N4O2. The summed E-state index contributed by atoms with van der Waals surface area (Å²) in [5, 5.41) is 4.13. The summed E-state index contributed by atoms with van der Waals surface area (Å²) in [5.74, 6) is -1.29. The van der Waals surface area contributed by atoms with Gasteiger partial charge in [-0.2, -0.15) is 18.3 Å². The predicted octanol–water partition coefficient (Wildman–Crippen LogP) is 3.48. The molecule has 28 heavy (non-hydrogen) atoms. The Morgan fingerprint density at radius 3 is 2.29 bits per heavy atom. The first kappa shape index (κ1) is 21.7. The molecule has 1 aromatic heterocycles. The van der Waals surface area contributed by atoms with Crippen molar-refractivity contribution in [2.24, 2.45) is 0 Å². The predicted molar refractivity (Wildman–Crippen MR) is 98.5 cm³/mol. The Morgan fingerprint density at radius 2 is 1.79 bits per heavy atom. The van der Waals surface area contributed by atoms with Crippen molar-refractivity contribution in [3.05, 3.63) is 46.7 Å². The van der Waals surface area contributed by atoms with E-state index in [1.54, 1.807) is 6.92 Å². The molecule has 0 spiro atoms. The number of benzene rings is 1. The lowest BCUT2D eigenvalue weighted by atomic mass is 10.2. The molecule has 0 fully saturated rings. The van der Waals surface area contributed by atoms with Crippen LogP contribution in [0.3, 0.4) is 0 Å². The molecule has 10 heteroatoms. The maximum Gasteiger partial charge on any atom is 0.434 e. The van der Waals surface area contributed by atoms with Gasteiger partial charge in [0.2, 0.25) is 5.91 Å². The SMILES string of the molecule is CCCN(CC(=O)N(C)C)C(=O)c1cnn(-c2ccc(Cl)cc2)c1C(F)(F)F. The summed E-state index contributed by atoms with van der Waals surface area (Å²) in [6.07, 6.45) is -3.47. The highest BCUT2D eigenvalue weighted by molar-refractivity contribution is 6.30. The Labute approximate surface area is 165 Å². The van der Waals surface area contributed by atoms with Crippen LogP contribution in [0.25, 0.3) is 5.69 Å². The minimum atomic E-state index is -4.83. The van der Waals surface area contributed by atoms with Crippen LogP contribution in [0.2, 0.25) is 5.02 Å². The topological polar surface area (TPSA) is 58.4 Å². The van der Waals surface area contributed by atoms with E-state index in [1.165, 1.54) is 43.3 Å². The van der Waals surface area contributed by atoms with Gasteiger partial charge in [-0.05, 0) is 30.7 Å². The Kier molecular flexibility index (Phi) is 6.71. The molecule has 0 unspecified atom stereocenters. The zero-order chi connectivity index (χ0) is 21.1. The minimum absolute atomic E-state index is 0.113. The van der Waals surface area contributed by atoms with Crippen molar-refractivity contribution in [3.63, 3.8) is 0 Å². The van der Waals surface area contributed by atoms with Gasteiger partial charge in [-0.1, -0.05) is 18.5 Å². The van der Waals surface area contributed by atoms with Crippen molar-refractivity contribution < 1.29 is 22.8 Å². The molecule has 0 saturated carbocycles. The second-order valence-corrected chi connectivity index (χ2v) is 6.74. The summed E-state index contributed by atoms with van der Waals surface area (Å²) in [6.45, 7) is 1.59. The maximum atomic E-state index is 13.8. The van der Waals surface area contributed by atoms with E-state index >= 15 is 0 Å². The van der Waals surface area contributed by atoms with E-state index in [0.29, 0.717) is 16.1 Å². The molecule has 2 rings (SSSR count). The van der Waals surface area contributed by atoms with E-state index in [0.717, 1.165) is 11.1 Å². The monoisotopic (exact) mass is 416 g/mol. The average molecular weight is 417 g/mol. The van der Waals surface area contributed by atoms with Crippen LogP contribution in [-0.2, 0) is 11.0 Å². The third kappa shape index (κ3) is 4.83. The Bertz CT molecular complexity index is 848. The Hall–Kier alpha value is -2.55. The molecule has 2 amide bonds. The number of carbonyl (C=O) groups is 2. The number of carbonyl (C=O) groups excluding carboxylic acids is 2. The lowest BCUT2D eigenvalue weighted by Crippen LogP contribution is -2.41. The zero-order valence-corrected chi connectivity index (χ0v) is 16.4. The molecule has 0 N–H and O–H groups in total. The summed E-state index contributed by atoms with van der Waals surface area (Å²) in [6, 6.07) is 5.61. The molecular weight excluding hydrogens is 397 g/mol. The van der Waals surface area contributed by atoms with Gasteiger partial charge < -0.3 is 9.80 Å². The highest BCUT2D eigenvalue weighted by Crippen LogP contribution is 2.34. The smallest absolute Gasteiger partial charge is 0.347 e. The van der Waals surface area contributed by atoms with E-state index in [1.807, 2.05) is 0 Å². The van der Waals surface area contributed by atoms with Crippen molar-refractivity contribution in [3.8, 4) is 5.69 Å². The number of halogens is 4. The van der Waals surface area contributed by atoms with Crippen LogP contribution >= 0.6 is 11.6 Å². The van der Waals surface area contributed by atoms with Crippen molar-refractivity contribution in [2.45, 2.75) is 19.5 Å². The summed E-state index contributed by atoms with van der Waals surface area (Å²) in [7, 11) is 3.02. The Morgan fingerprint density at radius 1 is 1.18 bits per heavy atom. The fraction of sp³-hybridized carbons (Fsp3) is 0.389. The van der Waals surface area contributed by atoms with Crippen LogP contribution in [0.15, 0.2) is 30.5 Å². The molecule has 0 atom stereocenters. The molecule has 1 heterocycles. The quantitative estimate of drug-likeness (QED) is 0.724. The van der Waals surface area contributed by atoms with Crippen molar-refractivity contribution in [1.29, 1.82) is 0 Å². The molecule has 6 nitrogen and oxygen atoms in total. The second-order valence-electron chi connectivity index (χ2n) is 6.31. The van der Waals surface area contributed by atoms with Gasteiger partial charge in [0.25, 0.3) is 5.91 Å². The normalized spacial score (nSPS) is 11.4. The van der Waals surface area contributed by atoms with E-state index in [9.17, 15) is 22.8 Å². The maximum absolute atomic E-state index is 13.8. The van der Waals surface area contributed by atoms with E-state index in [4.69, 9.17) is 11.6 Å². The number of hydrogen-bond acceptors (Lipinski definition) is 3. The third-order valence-electron chi connectivity index (χ3n) is 3.95. The summed E-state index contributed by atoms with van der Waals surface area (Å²) in [5.41, 5.74) is -1.69. The largest absolute Gasteiger partial charge is 0.434 e. The number of nitrogens with zero attached hydrogens (tertiary/aromatic N) is 4. The number of amides is 2.